The SMILES string of the molecule is Oc1ccc(Cl)c(-c2c3nc(cc4ccc([nH]4)c(-c4cc(O)ccc4Cl)c4nc(cc5ccc2[nH]5)CC4)C=C3)c1. The molecule has 0 amide bonds. The van der Waals surface area contributed by atoms with E-state index >= 15 is 0 Å². The fourth-order valence-corrected chi connectivity index (χ4v) is 5.75. The molecule has 0 atom stereocenters. The average molecular weight is 565 g/mol. The molecule has 0 spiro atoms. The zero-order chi connectivity index (χ0) is 27.4. The van der Waals surface area contributed by atoms with Gasteiger partial charge < -0.3 is 20.2 Å². The molecule has 8 heteroatoms. The number of aromatic hydroxyl groups is 2. The van der Waals surface area contributed by atoms with Gasteiger partial charge in [-0.1, -0.05) is 23.2 Å². The monoisotopic (exact) mass is 564 g/mol. The molecule has 3 aromatic heterocycles. The van der Waals surface area contributed by atoms with Crippen LogP contribution in [0.2, 0.25) is 10.0 Å². The maximum Gasteiger partial charge on any atom is 0.116 e. The van der Waals surface area contributed by atoms with Crippen molar-refractivity contribution in [2.45, 2.75) is 12.8 Å². The van der Waals surface area contributed by atoms with E-state index in [9.17, 15) is 10.2 Å². The highest BCUT2D eigenvalue weighted by molar-refractivity contribution is 6.34. The molecular formula is C32H22Cl2N4O2. The van der Waals surface area contributed by atoms with Crippen molar-refractivity contribution in [2.24, 2.45) is 0 Å². The van der Waals surface area contributed by atoms with Gasteiger partial charge >= 0.3 is 0 Å². The minimum absolute atomic E-state index is 0.122. The number of rotatable bonds is 2. The van der Waals surface area contributed by atoms with Crippen LogP contribution in [0.15, 0.2) is 72.8 Å². The second-order valence-corrected chi connectivity index (χ2v) is 10.6. The first kappa shape index (κ1) is 24.5. The van der Waals surface area contributed by atoms with Crippen LogP contribution in [0.5, 0.6) is 11.5 Å². The third-order valence-electron chi connectivity index (χ3n) is 7.12. The van der Waals surface area contributed by atoms with Crippen LogP contribution in [0.4, 0.5) is 0 Å². The van der Waals surface area contributed by atoms with Gasteiger partial charge in [0.15, 0.2) is 0 Å². The number of H-pyrrole nitrogens is 2. The van der Waals surface area contributed by atoms with Crippen molar-refractivity contribution in [3.63, 3.8) is 0 Å². The normalized spacial score (nSPS) is 12.7. The van der Waals surface area contributed by atoms with Gasteiger partial charge in [0, 0.05) is 60.1 Å². The minimum atomic E-state index is 0.122. The van der Waals surface area contributed by atoms with Crippen LogP contribution in [-0.2, 0) is 12.8 Å². The third kappa shape index (κ3) is 4.41. The maximum absolute atomic E-state index is 10.3. The third-order valence-corrected chi connectivity index (χ3v) is 7.78. The molecule has 0 aliphatic carbocycles. The number of nitrogens with zero attached hydrogens (tertiary/aromatic N) is 2. The zero-order valence-corrected chi connectivity index (χ0v) is 22.6. The number of hydrogen-bond donors (Lipinski definition) is 4. The molecule has 5 heterocycles. The molecule has 2 aliphatic rings. The number of fused-ring (bicyclic) bond motifs is 8. The second-order valence-electron chi connectivity index (χ2n) is 9.83. The van der Waals surface area contributed by atoms with E-state index in [1.54, 1.807) is 36.4 Å². The second kappa shape index (κ2) is 9.59. The molecule has 6 nitrogen and oxygen atoms in total. The molecule has 0 saturated carbocycles. The predicted molar refractivity (Wildman–Crippen MR) is 162 cm³/mol. The van der Waals surface area contributed by atoms with Crippen LogP contribution < -0.4 is 0 Å². The summed E-state index contributed by atoms with van der Waals surface area (Å²) in [5.74, 6) is 0.259. The summed E-state index contributed by atoms with van der Waals surface area (Å²) in [4.78, 5) is 16.9. The lowest BCUT2D eigenvalue weighted by Crippen LogP contribution is -1.89. The van der Waals surface area contributed by atoms with Gasteiger partial charge in [-0.15, -0.1) is 0 Å². The molecule has 7 rings (SSSR count). The summed E-state index contributed by atoms with van der Waals surface area (Å²) in [7, 11) is 0. The standard InChI is InChI=1S/C32H22Cl2N4O2/c33-25-7-5-21(39)15-23(25)31-27-9-1-17(35-27)13-18-2-10-29(36-18)32(24-16-22(40)6-8-26(24)34)30-12-4-20(38-30)14-19-3-11-28(31)37-19/h1-3,5-11,13-16,36-37,39-40H,4,12H2. The zero-order valence-electron chi connectivity index (χ0n) is 21.0. The number of nitrogens with one attached hydrogen (secondary N) is 2. The van der Waals surface area contributed by atoms with E-state index in [-0.39, 0.29) is 11.5 Å². The van der Waals surface area contributed by atoms with Crippen molar-refractivity contribution in [2.75, 3.05) is 0 Å². The maximum atomic E-state index is 10.3. The van der Waals surface area contributed by atoms with Gasteiger partial charge in [-0.2, -0.15) is 0 Å². The van der Waals surface area contributed by atoms with Crippen molar-refractivity contribution in [1.82, 2.24) is 19.9 Å². The minimum Gasteiger partial charge on any atom is -0.508 e. The van der Waals surface area contributed by atoms with E-state index in [0.717, 1.165) is 68.8 Å². The van der Waals surface area contributed by atoms with Crippen LogP contribution in [0, 0.1) is 0 Å². The molecular weight excluding hydrogens is 543 g/mol. The van der Waals surface area contributed by atoms with Gasteiger partial charge in [0.1, 0.15) is 11.5 Å². The van der Waals surface area contributed by atoms with Crippen LogP contribution in [0.1, 0.15) is 22.8 Å². The smallest absolute Gasteiger partial charge is 0.116 e. The predicted octanol–water partition coefficient (Wildman–Crippen LogP) is 8.32. The summed E-state index contributed by atoms with van der Waals surface area (Å²) in [5, 5.41) is 21.6. The fourth-order valence-electron chi connectivity index (χ4n) is 5.32. The Balaban J connectivity index is 1.58. The highest BCUT2D eigenvalue weighted by Crippen LogP contribution is 2.38. The van der Waals surface area contributed by atoms with Crippen LogP contribution in [0.3, 0.4) is 0 Å². The van der Waals surface area contributed by atoms with E-state index in [4.69, 9.17) is 33.2 Å². The van der Waals surface area contributed by atoms with Crippen LogP contribution in [0.25, 0.3) is 56.5 Å². The first-order valence-corrected chi connectivity index (χ1v) is 13.5. The van der Waals surface area contributed by atoms with E-state index in [0.29, 0.717) is 21.2 Å². The summed E-state index contributed by atoms with van der Waals surface area (Å²) in [5.41, 5.74) is 9.73. The van der Waals surface area contributed by atoms with Gasteiger partial charge in [-0.25, -0.2) is 4.98 Å². The summed E-state index contributed by atoms with van der Waals surface area (Å²) in [6.07, 6.45) is 5.37. The molecule has 40 heavy (non-hydrogen) atoms. The molecule has 0 radical (unpaired) electrons. The van der Waals surface area contributed by atoms with Crippen molar-refractivity contribution >= 4 is 57.4 Å². The first-order chi connectivity index (χ1) is 19.4. The number of aryl methyl sites for hydroxylation is 2. The van der Waals surface area contributed by atoms with Crippen molar-refractivity contribution in [1.29, 1.82) is 0 Å². The highest BCUT2D eigenvalue weighted by atomic mass is 35.5. The van der Waals surface area contributed by atoms with Gasteiger partial charge in [-0.05, 0) is 97.8 Å². The summed E-state index contributed by atoms with van der Waals surface area (Å²) < 4.78 is 0. The van der Waals surface area contributed by atoms with Crippen molar-refractivity contribution in [3.05, 3.63) is 106 Å². The van der Waals surface area contributed by atoms with Crippen molar-refractivity contribution in [3.8, 4) is 33.8 Å². The van der Waals surface area contributed by atoms with E-state index < -0.39 is 0 Å². The summed E-state index contributed by atoms with van der Waals surface area (Å²) in [6, 6.07) is 21.8. The molecule has 0 fully saturated rings. The van der Waals surface area contributed by atoms with Crippen molar-refractivity contribution < 1.29 is 10.2 Å². The number of aromatic amines is 2. The quantitative estimate of drug-likeness (QED) is 0.170. The van der Waals surface area contributed by atoms with E-state index in [1.807, 2.05) is 48.6 Å². The number of aromatic nitrogens is 4. The number of phenols is 2. The van der Waals surface area contributed by atoms with Crippen LogP contribution in [-0.4, -0.2) is 30.1 Å². The van der Waals surface area contributed by atoms with E-state index in [1.165, 1.54) is 0 Å². The number of hydrogen-bond acceptors (Lipinski definition) is 4. The summed E-state index contributed by atoms with van der Waals surface area (Å²) >= 11 is 13.3. The molecule has 0 unspecified atom stereocenters. The molecule has 0 saturated heterocycles. The Morgan fingerprint density at radius 3 is 1.95 bits per heavy atom. The van der Waals surface area contributed by atoms with Gasteiger partial charge in [0.2, 0.25) is 0 Å². The largest absolute Gasteiger partial charge is 0.508 e. The lowest BCUT2D eigenvalue weighted by atomic mass is 10.0. The first-order valence-electron chi connectivity index (χ1n) is 12.8. The topological polar surface area (TPSA) is 97.8 Å². The highest BCUT2D eigenvalue weighted by Gasteiger charge is 2.18. The Hall–Kier alpha value is -4.52. The molecule has 2 aliphatic heterocycles. The van der Waals surface area contributed by atoms with Crippen LogP contribution >= 0.6 is 23.2 Å². The molecule has 4 N–H and O–H groups in total. The fraction of sp³-hybridized carbons (Fsp3) is 0.0625. The average Bonchev–Trinajstić information content (AvgIpc) is 3.74. The Kier molecular flexibility index (Phi) is 5.88. The lowest BCUT2D eigenvalue weighted by Gasteiger charge is -2.08. The Morgan fingerprint density at radius 2 is 1.25 bits per heavy atom. The van der Waals surface area contributed by atoms with Gasteiger partial charge in [0.05, 0.1) is 17.1 Å². The Labute approximate surface area is 239 Å². The number of benzene rings is 2. The molecule has 2 aromatic carbocycles. The molecule has 196 valence electrons. The summed E-state index contributed by atoms with van der Waals surface area (Å²) in [6.45, 7) is 0. The molecule has 8 bridgehead atoms. The Bertz CT molecular complexity index is 2020. The van der Waals surface area contributed by atoms with Gasteiger partial charge in [0.25, 0.3) is 0 Å². The Morgan fingerprint density at radius 1 is 0.625 bits per heavy atom. The van der Waals surface area contributed by atoms with Gasteiger partial charge in [-0.3, -0.25) is 4.98 Å². The van der Waals surface area contributed by atoms with E-state index in [2.05, 4.69) is 9.97 Å². The number of halogens is 2. The lowest BCUT2D eigenvalue weighted by molar-refractivity contribution is 0.475. The molecule has 5 aromatic rings. The number of phenolic OH excluding ortho intramolecular Hbond substituents is 2.